The molecule has 0 bridgehead atoms. The summed E-state index contributed by atoms with van der Waals surface area (Å²) in [6.45, 7) is 3.39. The first-order valence-corrected chi connectivity index (χ1v) is 8.28. The van der Waals surface area contributed by atoms with Crippen molar-refractivity contribution in [3.8, 4) is 5.88 Å². The summed E-state index contributed by atoms with van der Waals surface area (Å²) in [5.74, 6) is -0.0170. The highest BCUT2D eigenvalue weighted by atomic mass is 16.5. The molecule has 0 aromatic carbocycles. The molecule has 2 aromatic heterocycles. The third-order valence-electron chi connectivity index (χ3n) is 4.28. The van der Waals surface area contributed by atoms with Gasteiger partial charge in [-0.1, -0.05) is 0 Å². The normalized spacial score (nSPS) is 15.1. The maximum atomic E-state index is 12.6. The van der Waals surface area contributed by atoms with Gasteiger partial charge < -0.3 is 20.1 Å². The minimum Gasteiger partial charge on any atom is -0.480 e. The Morgan fingerprint density at radius 3 is 2.84 bits per heavy atom. The fourth-order valence-corrected chi connectivity index (χ4v) is 2.93. The van der Waals surface area contributed by atoms with Gasteiger partial charge in [0.1, 0.15) is 5.56 Å². The van der Waals surface area contributed by atoms with E-state index in [9.17, 15) is 9.90 Å². The minimum atomic E-state index is -0.297. The number of pyridine rings is 2. The molecule has 0 unspecified atom stereocenters. The zero-order chi connectivity index (χ0) is 17.8. The fraction of sp³-hybridized carbons (Fsp3) is 0.389. The molecular weight excluding hydrogens is 320 g/mol. The summed E-state index contributed by atoms with van der Waals surface area (Å²) < 4.78 is 5.16. The van der Waals surface area contributed by atoms with Crippen molar-refractivity contribution in [3.05, 3.63) is 41.9 Å². The first-order valence-electron chi connectivity index (χ1n) is 8.28. The van der Waals surface area contributed by atoms with Gasteiger partial charge in [-0.3, -0.25) is 9.78 Å². The van der Waals surface area contributed by atoms with Crippen molar-refractivity contribution in [1.82, 2.24) is 9.97 Å². The number of aromatic nitrogens is 2. The number of rotatable bonds is 4. The van der Waals surface area contributed by atoms with Crippen LogP contribution in [0.3, 0.4) is 0 Å². The van der Waals surface area contributed by atoms with Crippen LogP contribution in [0.2, 0.25) is 0 Å². The molecule has 1 fully saturated rings. The fourth-order valence-electron chi connectivity index (χ4n) is 2.93. The number of hydrogen-bond donors (Lipinski definition) is 2. The highest BCUT2D eigenvalue weighted by Gasteiger charge is 2.21. The molecule has 2 N–H and O–H groups in total. The van der Waals surface area contributed by atoms with E-state index in [2.05, 4.69) is 20.2 Å². The van der Waals surface area contributed by atoms with Crippen LogP contribution in [-0.4, -0.2) is 47.3 Å². The van der Waals surface area contributed by atoms with Gasteiger partial charge in [0.15, 0.2) is 0 Å². The molecule has 25 heavy (non-hydrogen) atoms. The lowest BCUT2D eigenvalue weighted by molar-refractivity contribution is 0.102. The van der Waals surface area contributed by atoms with Crippen LogP contribution in [0.5, 0.6) is 5.88 Å². The van der Waals surface area contributed by atoms with Crippen molar-refractivity contribution in [1.29, 1.82) is 0 Å². The molecule has 2 aromatic rings. The average molecular weight is 342 g/mol. The Balaban J connectivity index is 1.86. The van der Waals surface area contributed by atoms with Gasteiger partial charge in [-0.2, -0.15) is 0 Å². The largest absolute Gasteiger partial charge is 0.480 e. The summed E-state index contributed by atoms with van der Waals surface area (Å²) in [6, 6.07) is 5.31. The molecule has 0 saturated carbocycles. The lowest BCUT2D eigenvalue weighted by Gasteiger charge is -2.32. The van der Waals surface area contributed by atoms with E-state index in [4.69, 9.17) is 4.74 Å². The summed E-state index contributed by atoms with van der Waals surface area (Å²) in [5, 5.41) is 12.6. The van der Waals surface area contributed by atoms with Crippen molar-refractivity contribution in [2.75, 3.05) is 30.4 Å². The predicted octanol–water partition coefficient (Wildman–Crippen LogP) is 2.01. The number of amides is 1. The number of piperidine rings is 1. The number of anilines is 2. The maximum Gasteiger partial charge on any atom is 0.261 e. The van der Waals surface area contributed by atoms with Crippen molar-refractivity contribution in [3.63, 3.8) is 0 Å². The molecule has 1 saturated heterocycles. The van der Waals surface area contributed by atoms with E-state index < -0.39 is 0 Å². The summed E-state index contributed by atoms with van der Waals surface area (Å²) in [4.78, 5) is 23.2. The first-order chi connectivity index (χ1) is 12.1. The molecule has 7 heteroatoms. The Hall–Kier alpha value is -2.67. The molecule has 0 radical (unpaired) electrons. The molecule has 1 amide bonds. The summed E-state index contributed by atoms with van der Waals surface area (Å²) >= 11 is 0. The second kappa shape index (κ2) is 7.48. The molecule has 0 aliphatic carbocycles. The zero-order valence-electron chi connectivity index (χ0n) is 14.4. The smallest absolute Gasteiger partial charge is 0.261 e. The van der Waals surface area contributed by atoms with Crippen LogP contribution in [0.25, 0.3) is 0 Å². The van der Waals surface area contributed by atoms with E-state index in [1.807, 2.05) is 13.0 Å². The van der Waals surface area contributed by atoms with Crippen LogP contribution >= 0.6 is 0 Å². The molecule has 132 valence electrons. The lowest BCUT2D eigenvalue weighted by atomic mass is 10.1. The monoisotopic (exact) mass is 342 g/mol. The SMILES string of the molecule is COc1ncccc1C(=O)Nc1cnc(C)cc1N1CCC(O)CC1. The Morgan fingerprint density at radius 2 is 2.12 bits per heavy atom. The van der Waals surface area contributed by atoms with Crippen molar-refractivity contribution >= 4 is 17.3 Å². The van der Waals surface area contributed by atoms with Crippen molar-refractivity contribution in [2.45, 2.75) is 25.9 Å². The van der Waals surface area contributed by atoms with Gasteiger partial charge in [0.2, 0.25) is 5.88 Å². The molecule has 1 aliphatic rings. The molecule has 0 atom stereocenters. The number of carbonyl (C=O) groups excluding carboxylic acids is 1. The number of aliphatic hydroxyl groups excluding tert-OH is 1. The van der Waals surface area contributed by atoms with Crippen molar-refractivity contribution < 1.29 is 14.6 Å². The van der Waals surface area contributed by atoms with E-state index in [0.29, 0.717) is 24.1 Å². The van der Waals surface area contributed by atoms with Gasteiger partial charge in [0.05, 0.1) is 30.8 Å². The summed E-state index contributed by atoms with van der Waals surface area (Å²) in [6.07, 6.45) is 4.41. The number of nitrogens with zero attached hydrogens (tertiary/aromatic N) is 3. The predicted molar refractivity (Wildman–Crippen MR) is 95.2 cm³/mol. The first kappa shape index (κ1) is 17.2. The van der Waals surface area contributed by atoms with Crippen LogP contribution in [-0.2, 0) is 0 Å². The van der Waals surface area contributed by atoms with Gasteiger partial charge in [0.25, 0.3) is 5.91 Å². The van der Waals surface area contributed by atoms with Crippen LogP contribution in [0.15, 0.2) is 30.6 Å². The number of methoxy groups -OCH3 is 1. The number of hydrogen-bond acceptors (Lipinski definition) is 6. The molecule has 1 aliphatic heterocycles. The lowest BCUT2D eigenvalue weighted by Crippen LogP contribution is -2.36. The van der Waals surface area contributed by atoms with Crippen LogP contribution in [0.1, 0.15) is 28.9 Å². The average Bonchev–Trinajstić information content (AvgIpc) is 2.63. The van der Waals surface area contributed by atoms with Crippen LogP contribution in [0.4, 0.5) is 11.4 Å². The molecule has 3 rings (SSSR count). The van der Waals surface area contributed by atoms with E-state index in [0.717, 1.165) is 24.5 Å². The number of nitrogens with one attached hydrogen (secondary N) is 1. The molecule has 7 nitrogen and oxygen atoms in total. The second-order valence-corrected chi connectivity index (χ2v) is 6.08. The number of aryl methyl sites for hydroxylation is 1. The van der Waals surface area contributed by atoms with E-state index >= 15 is 0 Å². The van der Waals surface area contributed by atoms with E-state index in [-0.39, 0.29) is 17.9 Å². The Kier molecular flexibility index (Phi) is 5.14. The third-order valence-corrected chi connectivity index (χ3v) is 4.28. The zero-order valence-corrected chi connectivity index (χ0v) is 14.4. The van der Waals surface area contributed by atoms with Gasteiger partial charge in [-0.05, 0) is 38.0 Å². The van der Waals surface area contributed by atoms with E-state index in [1.165, 1.54) is 7.11 Å². The Bertz CT molecular complexity index is 758. The Labute approximate surface area is 146 Å². The van der Waals surface area contributed by atoms with Gasteiger partial charge >= 0.3 is 0 Å². The standard InChI is InChI=1S/C18H22N4O3/c1-12-10-16(22-8-5-13(23)6-9-22)15(11-20-12)21-17(24)14-4-3-7-19-18(14)25-2/h3-4,7,10-11,13,23H,5-6,8-9H2,1-2H3,(H,21,24). The minimum absolute atomic E-state index is 0.253. The maximum absolute atomic E-state index is 12.6. The van der Waals surface area contributed by atoms with Crippen LogP contribution < -0.4 is 15.0 Å². The Morgan fingerprint density at radius 1 is 1.36 bits per heavy atom. The highest BCUT2D eigenvalue weighted by molar-refractivity contribution is 6.07. The number of carbonyl (C=O) groups is 1. The highest BCUT2D eigenvalue weighted by Crippen LogP contribution is 2.29. The third kappa shape index (κ3) is 3.88. The summed E-state index contributed by atoms with van der Waals surface area (Å²) in [5.41, 5.74) is 2.79. The quantitative estimate of drug-likeness (QED) is 0.884. The topological polar surface area (TPSA) is 87.6 Å². The molecule has 3 heterocycles. The van der Waals surface area contributed by atoms with Gasteiger partial charge in [0, 0.05) is 25.0 Å². The summed E-state index contributed by atoms with van der Waals surface area (Å²) in [7, 11) is 1.48. The van der Waals surface area contributed by atoms with Gasteiger partial charge in [-0.25, -0.2) is 4.98 Å². The number of aliphatic hydroxyl groups is 1. The second-order valence-electron chi connectivity index (χ2n) is 6.08. The van der Waals surface area contributed by atoms with E-state index in [1.54, 1.807) is 24.5 Å². The van der Waals surface area contributed by atoms with Gasteiger partial charge in [-0.15, -0.1) is 0 Å². The number of ether oxygens (including phenoxy) is 1. The van der Waals surface area contributed by atoms with Crippen LogP contribution in [0, 0.1) is 6.92 Å². The van der Waals surface area contributed by atoms with Crippen molar-refractivity contribution in [2.24, 2.45) is 0 Å². The molecular formula is C18H22N4O3. The molecule has 0 spiro atoms.